The second kappa shape index (κ2) is 8.67. The van der Waals surface area contributed by atoms with Gasteiger partial charge in [0, 0.05) is 37.2 Å². The van der Waals surface area contributed by atoms with E-state index in [1.807, 2.05) is 24.3 Å². The maximum atomic E-state index is 11.1. The summed E-state index contributed by atoms with van der Waals surface area (Å²) in [6, 6.07) is 8.84. The molecule has 0 aromatic heterocycles. The van der Waals surface area contributed by atoms with Gasteiger partial charge in [-0.15, -0.1) is 0 Å². The number of methoxy groups -OCH3 is 1. The summed E-state index contributed by atoms with van der Waals surface area (Å²) in [6.07, 6.45) is 4.21. The SMILES string of the molecule is CO[C@@H](c1ccc(Cl)cc1)[C@@H](C)NC1CCC(NC(C)=O)CC1. The topological polar surface area (TPSA) is 50.4 Å². The van der Waals surface area contributed by atoms with Gasteiger partial charge >= 0.3 is 0 Å². The third-order valence-electron chi connectivity index (χ3n) is 4.54. The molecule has 2 rings (SSSR count). The molecule has 1 aliphatic carbocycles. The molecule has 0 heterocycles. The smallest absolute Gasteiger partial charge is 0.217 e. The first-order valence-corrected chi connectivity index (χ1v) is 8.68. The van der Waals surface area contributed by atoms with E-state index in [0.29, 0.717) is 12.1 Å². The molecule has 1 aliphatic rings. The van der Waals surface area contributed by atoms with E-state index in [1.54, 1.807) is 14.0 Å². The molecule has 0 bridgehead atoms. The van der Waals surface area contributed by atoms with Gasteiger partial charge in [0.2, 0.25) is 5.91 Å². The highest BCUT2D eigenvalue weighted by Crippen LogP contribution is 2.25. The number of carbonyl (C=O) groups excluding carboxylic acids is 1. The summed E-state index contributed by atoms with van der Waals surface area (Å²) in [5.74, 6) is 0.0666. The van der Waals surface area contributed by atoms with Crippen molar-refractivity contribution in [1.29, 1.82) is 0 Å². The lowest BCUT2D eigenvalue weighted by Gasteiger charge is -2.33. The van der Waals surface area contributed by atoms with E-state index >= 15 is 0 Å². The fourth-order valence-electron chi connectivity index (χ4n) is 3.43. The van der Waals surface area contributed by atoms with Crippen molar-refractivity contribution in [2.24, 2.45) is 0 Å². The van der Waals surface area contributed by atoms with Gasteiger partial charge in [-0.2, -0.15) is 0 Å². The molecular formula is C18H27ClN2O2. The van der Waals surface area contributed by atoms with Crippen LogP contribution in [0.5, 0.6) is 0 Å². The maximum absolute atomic E-state index is 11.1. The van der Waals surface area contributed by atoms with Gasteiger partial charge < -0.3 is 15.4 Å². The van der Waals surface area contributed by atoms with Crippen LogP contribution in [0.1, 0.15) is 51.2 Å². The van der Waals surface area contributed by atoms with Crippen LogP contribution in [-0.4, -0.2) is 31.1 Å². The van der Waals surface area contributed by atoms with E-state index in [2.05, 4.69) is 17.6 Å². The lowest BCUT2D eigenvalue weighted by Crippen LogP contribution is -2.45. The number of rotatable bonds is 6. The summed E-state index contributed by atoms with van der Waals surface area (Å²) >= 11 is 5.96. The van der Waals surface area contributed by atoms with Crippen LogP contribution < -0.4 is 10.6 Å². The predicted molar refractivity (Wildman–Crippen MR) is 93.7 cm³/mol. The van der Waals surface area contributed by atoms with E-state index in [-0.39, 0.29) is 18.1 Å². The molecule has 1 aromatic rings. The first kappa shape index (κ1) is 18.2. The van der Waals surface area contributed by atoms with E-state index in [9.17, 15) is 4.79 Å². The molecule has 128 valence electrons. The summed E-state index contributed by atoms with van der Waals surface area (Å²) in [5.41, 5.74) is 1.13. The Bertz CT molecular complexity index is 498. The number of ether oxygens (including phenoxy) is 1. The Balaban J connectivity index is 1.87. The summed E-state index contributed by atoms with van der Waals surface area (Å²) in [4.78, 5) is 11.1. The normalized spacial score (nSPS) is 24.0. The fourth-order valence-corrected chi connectivity index (χ4v) is 3.56. The Morgan fingerprint density at radius 2 is 1.74 bits per heavy atom. The number of benzene rings is 1. The molecule has 2 atom stereocenters. The molecule has 0 radical (unpaired) electrons. The molecule has 0 spiro atoms. The van der Waals surface area contributed by atoms with Gasteiger partial charge in [-0.3, -0.25) is 4.79 Å². The Morgan fingerprint density at radius 1 is 1.17 bits per heavy atom. The molecule has 23 heavy (non-hydrogen) atoms. The molecule has 1 amide bonds. The average Bonchev–Trinajstić information content (AvgIpc) is 2.51. The van der Waals surface area contributed by atoms with Crippen molar-refractivity contribution >= 4 is 17.5 Å². The Morgan fingerprint density at radius 3 is 2.26 bits per heavy atom. The van der Waals surface area contributed by atoms with E-state index in [1.165, 1.54) is 0 Å². The Kier molecular flexibility index (Phi) is 6.88. The zero-order valence-corrected chi connectivity index (χ0v) is 14.9. The fraction of sp³-hybridized carbons (Fsp3) is 0.611. The molecule has 0 unspecified atom stereocenters. The van der Waals surface area contributed by atoms with Gasteiger partial charge in [0.15, 0.2) is 0 Å². The molecule has 4 nitrogen and oxygen atoms in total. The summed E-state index contributed by atoms with van der Waals surface area (Å²) in [6.45, 7) is 3.74. The van der Waals surface area contributed by atoms with E-state index < -0.39 is 0 Å². The number of hydrogen-bond acceptors (Lipinski definition) is 3. The minimum absolute atomic E-state index is 0.000310. The zero-order chi connectivity index (χ0) is 16.8. The van der Waals surface area contributed by atoms with Crippen molar-refractivity contribution < 1.29 is 9.53 Å². The van der Waals surface area contributed by atoms with Crippen molar-refractivity contribution in [2.75, 3.05) is 7.11 Å². The second-order valence-electron chi connectivity index (χ2n) is 6.41. The van der Waals surface area contributed by atoms with Crippen LogP contribution in [-0.2, 0) is 9.53 Å². The minimum Gasteiger partial charge on any atom is -0.375 e. The van der Waals surface area contributed by atoms with E-state index in [0.717, 1.165) is 36.3 Å². The van der Waals surface area contributed by atoms with Gasteiger partial charge in [0.05, 0.1) is 6.10 Å². The molecule has 1 saturated carbocycles. The highest BCUT2D eigenvalue weighted by atomic mass is 35.5. The Hall–Kier alpha value is -1.10. The van der Waals surface area contributed by atoms with Crippen LogP contribution in [0.15, 0.2) is 24.3 Å². The molecular weight excluding hydrogens is 312 g/mol. The van der Waals surface area contributed by atoms with Crippen LogP contribution in [0, 0.1) is 0 Å². The van der Waals surface area contributed by atoms with Gasteiger partial charge in [-0.1, -0.05) is 23.7 Å². The van der Waals surface area contributed by atoms with Crippen LogP contribution in [0.25, 0.3) is 0 Å². The minimum atomic E-state index is 0.000310. The van der Waals surface area contributed by atoms with Gasteiger partial charge in [-0.25, -0.2) is 0 Å². The number of hydrogen-bond donors (Lipinski definition) is 2. The monoisotopic (exact) mass is 338 g/mol. The van der Waals surface area contributed by atoms with Crippen molar-refractivity contribution in [2.45, 2.75) is 63.8 Å². The van der Waals surface area contributed by atoms with Crippen LogP contribution >= 0.6 is 11.6 Å². The van der Waals surface area contributed by atoms with Gasteiger partial charge in [0.1, 0.15) is 0 Å². The summed E-state index contributed by atoms with van der Waals surface area (Å²) in [7, 11) is 1.74. The van der Waals surface area contributed by atoms with Gasteiger partial charge in [0.25, 0.3) is 0 Å². The summed E-state index contributed by atoms with van der Waals surface area (Å²) in [5, 5.41) is 7.44. The molecule has 1 aromatic carbocycles. The third-order valence-corrected chi connectivity index (χ3v) is 4.79. The highest BCUT2D eigenvalue weighted by molar-refractivity contribution is 6.30. The summed E-state index contributed by atoms with van der Waals surface area (Å²) < 4.78 is 5.69. The zero-order valence-electron chi connectivity index (χ0n) is 14.1. The predicted octanol–water partition coefficient (Wildman–Crippen LogP) is 3.45. The van der Waals surface area contributed by atoms with Crippen LogP contribution in [0.2, 0.25) is 5.02 Å². The molecule has 0 saturated heterocycles. The molecule has 1 fully saturated rings. The molecule has 0 aliphatic heterocycles. The molecule has 2 N–H and O–H groups in total. The van der Waals surface area contributed by atoms with Crippen LogP contribution in [0.3, 0.4) is 0 Å². The standard InChI is InChI=1S/C18H27ClN2O2/c1-12(18(23-3)14-4-6-15(19)7-5-14)20-16-8-10-17(11-9-16)21-13(2)22/h4-7,12,16-18,20H,8-11H2,1-3H3,(H,21,22)/t12-,16?,17?,18-/m1/s1. The quantitative estimate of drug-likeness (QED) is 0.835. The largest absolute Gasteiger partial charge is 0.375 e. The lowest BCUT2D eigenvalue weighted by atomic mass is 9.90. The van der Waals surface area contributed by atoms with Crippen molar-refractivity contribution in [3.63, 3.8) is 0 Å². The van der Waals surface area contributed by atoms with Crippen molar-refractivity contribution in [1.82, 2.24) is 10.6 Å². The first-order valence-electron chi connectivity index (χ1n) is 8.31. The third kappa shape index (κ3) is 5.48. The number of amides is 1. The number of halogens is 1. The first-order chi connectivity index (χ1) is 11.0. The van der Waals surface area contributed by atoms with Crippen molar-refractivity contribution in [3.8, 4) is 0 Å². The van der Waals surface area contributed by atoms with E-state index in [4.69, 9.17) is 16.3 Å². The average molecular weight is 339 g/mol. The van der Waals surface area contributed by atoms with Crippen LogP contribution in [0.4, 0.5) is 0 Å². The maximum Gasteiger partial charge on any atom is 0.217 e. The second-order valence-corrected chi connectivity index (χ2v) is 6.85. The van der Waals surface area contributed by atoms with Gasteiger partial charge in [-0.05, 0) is 50.3 Å². The van der Waals surface area contributed by atoms with Crippen molar-refractivity contribution in [3.05, 3.63) is 34.9 Å². The number of nitrogens with one attached hydrogen (secondary N) is 2. The lowest BCUT2D eigenvalue weighted by molar-refractivity contribution is -0.119. The number of carbonyl (C=O) groups is 1. The Labute approximate surface area is 143 Å². The molecule has 5 heteroatoms. The highest BCUT2D eigenvalue weighted by Gasteiger charge is 2.26.